The summed E-state index contributed by atoms with van der Waals surface area (Å²) >= 11 is 0. The number of carbonyl (C=O) groups is 1. The van der Waals surface area contributed by atoms with Crippen molar-refractivity contribution < 1.29 is 19.0 Å². The second kappa shape index (κ2) is 6.81. The Labute approximate surface area is 121 Å². The molecule has 0 bridgehead atoms. The lowest BCUT2D eigenvalue weighted by Gasteiger charge is -2.09. The fourth-order valence-electron chi connectivity index (χ4n) is 1.87. The van der Waals surface area contributed by atoms with Crippen LogP contribution in [0.4, 0.5) is 10.1 Å². The van der Waals surface area contributed by atoms with Crippen molar-refractivity contribution in [1.82, 2.24) is 4.98 Å². The molecule has 0 aliphatic carbocycles. The Balaban J connectivity index is 2.06. The van der Waals surface area contributed by atoms with E-state index in [0.29, 0.717) is 16.8 Å². The predicted molar refractivity (Wildman–Crippen MR) is 75.4 cm³/mol. The van der Waals surface area contributed by atoms with Crippen LogP contribution in [0, 0.1) is 5.82 Å². The van der Waals surface area contributed by atoms with E-state index >= 15 is 0 Å². The molecule has 0 aliphatic heterocycles. The van der Waals surface area contributed by atoms with Gasteiger partial charge in [-0.15, -0.1) is 0 Å². The number of aromatic nitrogens is 1. The van der Waals surface area contributed by atoms with Gasteiger partial charge < -0.3 is 15.2 Å². The van der Waals surface area contributed by atoms with Crippen molar-refractivity contribution in [1.29, 1.82) is 0 Å². The number of halogens is 1. The van der Waals surface area contributed by atoms with Crippen molar-refractivity contribution in [2.24, 2.45) is 0 Å². The van der Waals surface area contributed by atoms with Gasteiger partial charge in [-0.2, -0.15) is 0 Å². The molecule has 2 rings (SSSR count). The first-order valence-corrected chi connectivity index (χ1v) is 6.30. The molecular formula is C15H15FN2O3. The molecule has 0 saturated heterocycles. The molecule has 0 spiro atoms. The number of ether oxygens (including phenoxy) is 1. The molecule has 0 fully saturated rings. The van der Waals surface area contributed by atoms with Crippen molar-refractivity contribution in [3.63, 3.8) is 0 Å². The maximum atomic E-state index is 13.5. The highest BCUT2D eigenvalue weighted by Gasteiger charge is 2.10. The lowest BCUT2D eigenvalue weighted by molar-refractivity contribution is -0.115. The molecule has 1 heterocycles. The zero-order chi connectivity index (χ0) is 15.2. The van der Waals surface area contributed by atoms with E-state index in [1.807, 2.05) is 0 Å². The summed E-state index contributed by atoms with van der Waals surface area (Å²) in [5, 5.41) is 11.8. The maximum absolute atomic E-state index is 13.5. The lowest BCUT2D eigenvalue weighted by Crippen LogP contribution is -2.16. The Hall–Kier alpha value is -2.47. The van der Waals surface area contributed by atoms with E-state index in [2.05, 4.69) is 10.3 Å². The van der Waals surface area contributed by atoms with Crippen LogP contribution in [-0.2, 0) is 17.8 Å². The number of anilines is 1. The average Bonchev–Trinajstić information content (AvgIpc) is 2.48. The number of nitrogens with one attached hydrogen (secondary N) is 1. The topological polar surface area (TPSA) is 71.5 Å². The number of aliphatic hydroxyl groups excluding tert-OH is 1. The number of rotatable bonds is 5. The molecule has 110 valence electrons. The van der Waals surface area contributed by atoms with Gasteiger partial charge in [0.25, 0.3) is 0 Å². The summed E-state index contributed by atoms with van der Waals surface area (Å²) in [6.07, 6.45) is 3.00. The third-order valence-electron chi connectivity index (χ3n) is 2.94. The molecular weight excluding hydrogens is 275 g/mol. The molecule has 1 amide bonds. The number of benzene rings is 1. The van der Waals surface area contributed by atoms with Crippen molar-refractivity contribution >= 4 is 11.6 Å². The van der Waals surface area contributed by atoms with Gasteiger partial charge in [0.1, 0.15) is 0 Å². The minimum Gasteiger partial charge on any atom is -0.494 e. The minimum atomic E-state index is -0.514. The van der Waals surface area contributed by atoms with Crippen LogP contribution in [0.25, 0.3) is 0 Å². The molecule has 21 heavy (non-hydrogen) atoms. The highest BCUT2D eigenvalue weighted by Crippen LogP contribution is 2.19. The van der Waals surface area contributed by atoms with Crippen LogP contribution in [-0.4, -0.2) is 23.1 Å². The van der Waals surface area contributed by atoms with Crippen molar-refractivity contribution in [2.45, 2.75) is 13.0 Å². The Morgan fingerprint density at radius 2 is 2.24 bits per heavy atom. The van der Waals surface area contributed by atoms with Gasteiger partial charge in [0.15, 0.2) is 11.6 Å². The third kappa shape index (κ3) is 3.76. The minimum absolute atomic E-state index is 0.0146. The van der Waals surface area contributed by atoms with E-state index in [1.165, 1.54) is 31.6 Å². The SMILES string of the molecule is COc1ccc(CC(=O)Nc2cnccc2CO)cc1F. The summed E-state index contributed by atoms with van der Waals surface area (Å²) in [6, 6.07) is 5.97. The standard InChI is InChI=1S/C15H15FN2O3/c1-21-14-3-2-10(6-12(14)16)7-15(20)18-13-8-17-5-4-11(13)9-19/h2-6,8,19H,7,9H2,1H3,(H,18,20). The van der Waals surface area contributed by atoms with Crippen LogP contribution < -0.4 is 10.1 Å². The molecule has 1 aromatic carbocycles. The van der Waals surface area contributed by atoms with E-state index in [9.17, 15) is 14.3 Å². The van der Waals surface area contributed by atoms with Crippen LogP contribution in [0.2, 0.25) is 0 Å². The molecule has 2 N–H and O–H groups in total. The molecule has 0 aliphatic rings. The summed E-state index contributed by atoms with van der Waals surface area (Å²) < 4.78 is 18.4. The Morgan fingerprint density at radius 1 is 1.43 bits per heavy atom. The molecule has 5 nitrogen and oxygen atoms in total. The lowest BCUT2D eigenvalue weighted by atomic mass is 10.1. The number of pyridine rings is 1. The van der Waals surface area contributed by atoms with E-state index in [0.717, 1.165) is 0 Å². The summed E-state index contributed by atoms with van der Waals surface area (Å²) in [5.41, 5.74) is 1.54. The number of aliphatic hydroxyl groups is 1. The molecule has 0 atom stereocenters. The number of carbonyl (C=O) groups excluding carboxylic acids is 1. The second-order valence-electron chi connectivity index (χ2n) is 4.38. The molecule has 1 aromatic heterocycles. The predicted octanol–water partition coefficient (Wildman–Crippen LogP) is 1.90. The highest BCUT2D eigenvalue weighted by atomic mass is 19.1. The zero-order valence-electron chi connectivity index (χ0n) is 11.5. The van der Waals surface area contributed by atoms with Gasteiger partial charge in [0.05, 0.1) is 32.0 Å². The van der Waals surface area contributed by atoms with E-state index < -0.39 is 5.82 Å². The van der Waals surface area contributed by atoms with Gasteiger partial charge in [0.2, 0.25) is 5.91 Å². The molecule has 0 saturated carbocycles. The second-order valence-corrected chi connectivity index (χ2v) is 4.38. The third-order valence-corrected chi connectivity index (χ3v) is 2.94. The Morgan fingerprint density at radius 3 is 2.90 bits per heavy atom. The number of nitrogens with zero attached hydrogens (tertiary/aromatic N) is 1. The average molecular weight is 290 g/mol. The molecule has 2 aromatic rings. The summed E-state index contributed by atoms with van der Waals surface area (Å²) in [5.74, 6) is -0.698. The van der Waals surface area contributed by atoms with E-state index in [-0.39, 0.29) is 24.7 Å². The fraction of sp³-hybridized carbons (Fsp3) is 0.200. The number of amides is 1. The summed E-state index contributed by atoms with van der Waals surface area (Å²) in [6.45, 7) is -0.199. The van der Waals surface area contributed by atoms with Gasteiger partial charge in [-0.1, -0.05) is 6.07 Å². The zero-order valence-corrected chi connectivity index (χ0v) is 11.5. The Bertz CT molecular complexity index is 647. The molecule has 0 unspecified atom stereocenters. The highest BCUT2D eigenvalue weighted by molar-refractivity contribution is 5.92. The van der Waals surface area contributed by atoms with Crippen LogP contribution >= 0.6 is 0 Å². The quantitative estimate of drug-likeness (QED) is 0.882. The number of hydrogen-bond acceptors (Lipinski definition) is 4. The largest absolute Gasteiger partial charge is 0.494 e. The van der Waals surface area contributed by atoms with E-state index in [1.54, 1.807) is 12.1 Å². The summed E-state index contributed by atoms with van der Waals surface area (Å²) in [7, 11) is 1.38. The Kier molecular flexibility index (Phi) is 4.84. The van der Waals surface area contributed by atoms with Crippen molar-refractivity contribution in [3.05, 3.63) is 53.6 Å². The van der Waals surface area contributed by atoms with E-state index in [4.69, 9.17) is 4.74 Å². The first-order chi connectivity index (χ1) is 10.1. The number of hydrogen-bond donors (Lipinski definition) is 2. The van der Waals surface area contributed by atoms with Gasteiger partial charge in [-0.05, 0) is 23.8 Å². The monoisotopic (exact) mass is 290 g/mol. The van der Waals surface area contributed by atoms with Crippen LogP contribution in [0.15, 0.2) is 36.7 Å². The smallest absolute Gasteiger partial charge is 0.228 e. The first-order valence-electron chi connectivity index (χ1n) is 6.30. The van der Waals surface area contributed by atoms with Gasteiger partial charge >= 0.3 is 0 Å². The fourth-order valence-corrected chi connectivity index (χ4v) is 1.87. The van der Waals surface area contributed by atoms with Crippen molar-refractivity contribution in [2.75, 3.05) is 12.4 Å². The van der Waals surface area contributed by atoms with Crippen molar-refractivity contribution in [3.8, 4) is 5.75 Å². The first kappa shape index (κ1) is 14.9. The molecule has 0 radical (unpaired) electrons. The van der Waals surface area contributed by atoms with Crippen LogP contribution in [0.5, 0.6) is 5.75 Å². The normalized spacial score (nSPS) is 10.2. The molecule has 6 heteroatoms. The maximum Gasteiger partial charge on any atom is 0.228 e. The van der Waals surface area contributed by atoms with Gasteiger partial charge in [-0.25, -0.2) is 4.39 Å². The van der Waals surface area contributed by atoms with Crippen LogP contribution in [0.1, 0.15) is 11.1 Å². The van der Waals surface area contributed by atoms with Crippen LogP contribution in [0.3, 0.4) is 0 Å². The van der Waals surface area contributed by atoms with Gasteiger partial charge in [-0.3, -0.25) is 9.78 Å². The number of methoxy groups -OCH3 is 1. The summed E-state index contributed by atoms with van der Waals surface area (Å²) in [4.78, 5) is 15.8. The van der Waals surface area contributed by atoms with Gasteiger partial charge in [0, 0.05) is 11.8 Å².